The van der Waals surface area contributed by atoms with Crippen molar-refractivity contribution in [2.75, 3.05) is 11.6 Å². The van der Waals surface area contributed by atoms with Gasteiger partial charge in [0.1, 0.15) is 0 Å². The number of aromatic nitrogens is 2. The van der Waals surface area contributed by atoms with Crippen molar-refractivity contribution in [1.82, 2.24) is 5.27 Å². The van der Waals surface area contributed by atoms with Crippen LogP contribution in [0.3, 0.4) is 0 Å². The van der Waals surface area contributed by atoms with Crippen molar-refractivity contribution in [3.63, 3.8) is 0 Å². The molecule has 0 bridgehead atoms. The molecule has 0 amide bonds. The van der Waals surface area contributed by atoms with Crippen LogP contribution in [-0.4, -0.2) is 12.6 Å². The van der Waals surface area contributed by atoms with Gasteiger partial charge in [-0.15, -0.1) is 0 Å². The van der Waals surface area contributed by atoms with Gasteiger partial charge in [-0.1, -0.05) is 18.1 Å². The zero-order valence-electron chi connectivity index (χ0n) is 7.73. The molecule has 1 N–H and O–H groups in total. The first kappa shape index (κ1) is 8.34. The van der Waals surface area contributed by atoms with Crippen molar-refractivity contribution in [1.29, 1.82) is 5.41 Å². The van der Waals surface area contributed by atoms with Crippen molar-refractivity contribution in [3.8, 4) is 0 Å². The maximum atomic E-state index is 7.22. The molecule has 0 radical (unpaired) electrons. The first-order valence-corrected chi connectivity index (χ1v) is 4.64. The summed E-state index contributed by atoms with van der Waals surface area (Å²) in [6.45, 7) is 3.17. The summed E-state index contributed by atoms with van der Waals surface area (Å²) in [7, 11) is 0. The minimum atomic E-state index is 0.109. The van der Waals surface area contributed by atoms with Gasteiger partial charge in [0.25, 0.3) is 11.8 Å². The van der Waals surface area contributed by atoms with E-state index in [1.165, 1.54) is 19.3 Å². The highest BCUT2D eigenvalue weighted by Gasteiger charge is 2.19. The second-order valence-corrected chi connectivity index (χ2v) is 3.49. The summed E-state index contributed by atoms with van der Waals surface area (Å²) in [6.07, 6.45) is 5.26. The third-order valence-electron chi connectivity index (χ3n) is 2.49. The lowest BCUT2D eigenvalue weighted by atomic mass is 10.1. The lowest BCUT2D eigenvalue weighted by Gasteiger charge is -2.33. The molecule has 0 aliphatic carbocycles. The maximum Gasteiger partial charge on any atom is 0.286 e. The first-order chi connectivity index (χ1) is 6.27. The SMILES string of the molecule is CC1CCCCN1[n+]1cc(=N)o[n-]1. The molecule has 1 unspecified atom stereocenters. The zero-order valence-corrected chi connectivity index (χ0v) is 7.73. The molecular formula is C8H14N4O. The highest BCUT2D eigenvalue weighted by atomic mass is 16.5. The molecule has 0 aromatic carbocycles. The third kappa shape index (κ3) is 1.59. The van der Waals surface area contributed by atoms with Gasteiger partial charge < -0.3 is 4.52 Å². The number of nitrogens with one attached hydrogen (secondary N) is 1. The summed E-state index contributed by atoms with van der Waals surface area (Å²) in [4.78, 5) is 1.64. The average molecular weight is 182 g/mol. The van der Waals surface area contributed by atoms with Gasteiger partial charge in [0, 0.05) is 12.6 Å². The van der Waals surface area contributed by atoms with Crippen molar-refractivity contribution >= 4 is 0 Å². The third-order valence-corrected chi connectivity index (χ3v) is 2.49. The lowest BCUT2D eigenvalue weighted by molar-refractivity contribution is -0.767. The fourth-order valence-corrected chi connectivity index (χ4v) is 1.75. The van der Waals surface area contributed by atoms with E-state index in [1.807, 2.05) is 0 Å². The Morgan fingerprint density at radius 3 is 3.15 bits per heavy atom. The normalized spacial score (nSPS) is 23.5. The van der Waals surface area contributed by atoms with E-state index in [4.69, 9.17) is 9.93 Å². The topological polar surface area (TPSA) is 58.2 Å². The fourth-order valence-electron chi connectivity index (χ4n) is 1.75. The van der Waals surface area contributed by atoms with E-state index in [-0.39, 0.29) is 5.55 Å². The van der Waals surface area contributed by atoms with Crippen LogP contribution in [0.4, 0.5) is 0 Å². The van der Waals surface area contributed by atoms with Crippen molar-refractivity contribution in [2.24, 2.45) is 0 Å². The molecule has 13 heavy (non-hydrogen) atoms. The van der Waals surface area contributed by atoms with E-state index < -0.39 is 0 Å². The minimum Gasteiger partial charge on any atom is -0.380 e. The summed E-state index contributed by atoms with van der Waals surface area (Å²) in [5.74, 6) is 0. The predicted molar refractivity (Wildman–Crippen MR) is 44.5 cm³/mol. The van der Waals surface area contributed by atoms with Gasteiger partial charge in [-0.2, -0.15) is 0 Å². The standard InChI is InChI=1S/C8H14N4O/c1-7-4-2-3-5-11(7)12-6-8(9)13-10-12/h6-7,9H,2-5H2,1H3. The van der Waals surface area contributed by atoms with Crippen LogP contribution in [-0.2, 0) is 0 Å². The highest BCUT2D eigenvalue weighted by molar-refractivity contribution is 4.83. The van der Waals surface area contributed by atoms with Crippen molar-refractivity contribution in [3.05, 3.63) is 11.8 Å². The predicted octanol–water partition coefficient (Wildman–Crippen LogP) is -0.486. The zero-order chi connectivity index (χ0) is 9.26. The summed E-state index contributed by atoms with van der Waals surface area (Å²) < 4.78 is 4.70. The molecule has 0 saturated carbocycles. The molecule has 72 valence electrons. The Balaban J connectivity index is 2.19. The van der Waals surface area contributed by atoms with Gasteiger partial charge in [0.2, 0.25) is 0 Å². The molecule has 1 saturated heterocycles. The van der Waals surface area contributed by atoms with Gasteiger partial charge >= 0.3 is 0 Å². The first-order valence-electron chi connectivity index (χ1n) is 4.64. The van der Waals surface area contributed by atoms with Gasteiger partial charge in [-0.3, -0.25) is 10.4 Å². The van der Waals surface area contributed by atoms with Gasteiger partial charge in [0.05, 0.1) is 0 Å². The van der Waals surface area contributed by atoms with Gasteiger partial charge in [0.15, 0.2) is 0 Å². The Hall–Kier alpha value is -1.26. The van der Waals surface area contributed by atoms with E-state index in [2.05, 4.69) is 17.2 Å². The van der Waals surface area contributed by atoms with Crippen LogP contribution in [0.15, 0.2) is 10.7 Å². The molecule has 1 atom stereocenters. The smallest absolute Gasteiger partial charge is 0.286 e. The average Bonchev–Trinajstić information content (AvgIpc) is 2.53. The van der Waals surface area contributed by atoms with Crippen LogP contribution in [0.1, 0.15) is 26.2 Å². The van der Waals surface area contributed by atoms with Crippen LogP contribution >= 0.6 is 0 Å². The molecule has 5 heteroatoms. The maximum absolute atomic E-state index is 7.22. The lowest BCUT2D eigenvalue weighted by Crippen LogP contribution is -2.65. The molecule has 1 aromatic heterocycles. The number of rotatable bonds is 1. The Labute approximate surface area is 76.4 Å². The summed E-state index contributed by atoms with van der Waals surface area (Å²) in [5, 5.41) is 13.1. The van der Waals surface area contributed by atoms with Crippen molar-refractivity contribution in [2.45, 2.75) is 32.2 Å². The second-order valence-electron chi connectivity index (χ2n) is 3.49. The number of hydrogen-bond acceptors (Lipinski definition) is 3. The molecule has 1 aliphatic rings. The van der Waals surface area contributed by atoms with E-state index in [1.54, 1.807) is 11.0 Å². The molecule has 2 heterocycles. The largest absolute Gasteiger partial charge is 0.380 e. The molecule has 1 aromatic rings. The second kappa shape index (κ2) is 3.24. The van der Waals surface area contributed by atoms with E-state index in [9.17, 15) is 0 Å². The Bertz CT molecular complexity index is 329. The van der Waals surface area contributed by atoms with Gasteiger partial charge in [-0.05, 0) is 18.1 Å². The quantitative estimate of drug-likeness (QED) is 0.596. The molecule has 0 spiro atoms. The van der Waals surface area contributed by atoms with Crippen LogP contribution in [0, 0.1) is 5.41 Å². The van der Waals surface area contributed by atoms with Crippen molar-refractivity contribution < 1.29 is 9.31 Å². The van der Waals surface area contributed by atoms with Crippen LogP contribution in [0.2, 0.25) is 0 Å². The molecule has 1 fully saturated rings. The summed E-state index contributed by atoms with van der Waals surface area (Å²) in [5.41, 5.74) is 0.109. The highest BCUT2D eigenvalue weighted by Crippen LogP contribution is 2.11. The van der Waals surface area contributed by atoms with E-state index in [0.29, 0.717) is 6.04 Å². The van der Waals surface area contributed by atoms with Crippen LogP contribution in [0.5, 0.6) is 0 Å². The Kier molecular flexibility index (Phi) is 2.08. The molecular weight excluding hydrogens is 168 g/mol. The Morgan fingerprint density at radius 2 is 2.54 bits per heavy atom. The number of hydrogen-bond donors (Lipinski definition) is 1. The number of nitrogens with zero attached hydrogens (tertiary/aromatic N) is 3. The monoisotopic (exact) mass is 182 g/mol. The van der Waals surface area contributed by atoms with E-state index >= 15 is 0 Å². The van der Waals surface area contributed by atoms with Gasteiger partial charge in [-0.25, -0.2) is 0 Å². The van der Waals surface area contributed by atoms with Crippen LogP contribution in [0.25, 0.3) is 0 Å². The summed E-state index contributed by atoms with van der Waals surface area (Å²) >= 11 is 0. The number of piperidine rings is 1. The molecule has 1 aliphatic heterocycles. The van der Waals surface area contributed by atoms with Crippen LogP contribution < -0.4 is 20.6 Å². The molecule has 5 nitrogen and oxygen atoms in total. The minimum absolute atomic E-state index is 0.109. The Morgan fingerprint density at radius 1 is 1.69 bits per heavy atom. The molecule has 2 rings (SSSR count). The van der Waals surface area contributed by atoms with E-state index in [0.717, 1.165) is 6.54 Å². The fraction of sp³-hybridized carbons (Fsp3) is 0.750. The summed E-state index contributed by atoms with van der Waals surface area (Å²) in [6, 6.07) is 0.489.